The van der Waals surface area contributed by atoms with Crippen LogP contribution in [-0.4, -0.2) is 46.6 Å². The molecule has 6 heteroatoms. The molecule has 1 unspecified atom stereocenters. The number of aliphatic carboxylic acids is 1. The highest BCUT2D eigenvalue weighted by atomic mass is 16.6. The van der Waals surface area contributed by atoms with Crippen LogP contribution in [0, 0.1) is 5.41 Å². The zero-order chi connectivity index (χ0) is 11.4. The summed E-state index contributed by atoms with van der Waals surface area (Å²) in [7, 11) is 0. The lowest BCUT2D eigenvalue weighted by atomic mass is 9.93. The van der Waals surface area contributed by atoms with Gasteiger partial charge in [-0.3, -0.25) is 4.79 Å². The van der Waals surface area contributed by atoms with Crippen LogP contribution in [0.5, 0.6) is 0 Å². The molecular weight excluding hydrogens is 192 g/mol. The van der Waals surface area contributed by atoms with Gasteiger partial charge >= 0.3 is 11.9 Å². The molecule has 0 radical (unpaired) electrons. The van der Waals surface area contributed by atoms with Crippen LogP contribution in [-0.2, 0) is 14.3 Å². The average molecular weight is 206 g/mol. The molecule has 0 heterocycles. The molecule has 1 atom stereocenters. The SMILES string of the molecule is CC(OC(=O)C(C)(CO)CO)C(=O)O. The number of ether oxygens (including phenoxy) is 1. The van der Waals surface area contributed by atoms with E-state index in [1.54, 1.807) is 0 Å². The summed E-state index contributed by atoms with van der Waals surface area (Å²) in [5.74, 6) is -2.21. The molecule has 0 aliphatic carbocycles. The predicted octanol–water partition coefficient (Wildman–Crippen LogP) is -1.01. The van der Waals surface area contributed by atoms with Gasteiger partial charge in [0.1, 0.15) is 5.41 Å². The van der Waals surface area contributed by atoms with Gasteiger partial charge in [-0.25, -0.2) is 4.79 Å². The predicted molar refractivity (Wildman–Crippen MR) is 45.5 cm³/mol. The number of esters is 1. The number of aliphatic hydroxyl groups is 2. The Morgan fingerprint density at radius 2 is 1.79 bits per heavy atom. The van der Waals surface area contributed by atoms with Crippen molar-refractivity contribution in [1.82, 2.24) is 0 Å². The van der Waals surface area contributed by atoms with E-state index in [1.165, 1.54) is 13.8 Å². The van der Waals surface area contributed by atoms with E-state index in [4.69, 9.17) is 15.3 Å². The summed E-state index contributed by atoms with van der Waals surface area (Å²) in [5, 5.41) is 26.0. The van der Waals surface area contributed by atoms with Gasteiger partial charge in [0, 0.05) is 0 Å². The van der Waals surface area contributed by atoms with Crippen LogP contribution in [0.15, 0.2) is 0 Å². The normalized spacial score (nSPS) is 13.4. The van der Waals surface area contributed by atoms with Crippen LogP contribution < -0.4 is 0 Å². The molecule has 0 aliphatic rings. The lowest BCUT2D eigenvalue weighted by Crippen LogP contribution is -2.40. The van der Waals surface area contributed by atoms with Crippen molar-refractivity contribution in [2.75, 3.05) is 13.2 Å². The number of carboxylic acids is 1. The Hall–Kier alpha value is -1.14. The maximum Gasteiger partial charge on any atom is 0.344 e. The third-order valence-corrected chi connectivity index (χ3v) is 1.82. The molecule has 6 nitrogen and oxygen atoms in total. The van der Waals surface area contributed by atoms with Crippen molar-refractivity contribution >= 4 is 11.9 Å². The molecule has 82 valence electrons. The minimum Gasteiger partial charge on any atom is -0.479 e. The molecule has 3 N–H and O–H groups in total. The van der Waals surface area contributed by atoms with Crippen LogP contribution in [0.3, 0.4) is 0 Å². The number of hydrogen-bond donors (Lipinski definition) is 3. The third-order valence-electron chi connectivity index (χ3n) is 1.82. The second kappa shape index (κ2) is 4.92. The number of aliphatic hydroxyl groups excluding tert-OH is 2. The zero-order valence-electron chi connectivity index (χ0n) is 8.06. The Kier molecular flexibility index (Phi) is 4.52. The largest absolute Gasteiger partial charge is 0.479 e. The monoisotopic (exact) mass is 206 g/mol. The minimum atomic E-state index is -1.45. The van der Waals surface area contributed by atoms with Gasteiger partial charge in [0.15, 0.2) is 6.10 Å². The topological polar surface area (TPSA) is 104 Å². The molecule has 0 fully saturated rings. The molecule has 0 amide bonds. The number of carboxylic acid groups (broad SMARTS) is 1. The number of carbonyl (C=O) groups is 2. The highest BCUT2D eigenvalue weighted by Crippen LogP contribution is 2.17. The fourth-order valence-electron chi connectivity index (χ4n) is 0.532. The van der Waals surface area contributed by atoms with E-state index in [-0.39, 0.29) is 0 Å². The van der Waals surface area contributed by atoms with Crippen molar-refractivity contribution in [3.05, 3.63) is 0 Å². The highest BCUT2D eigenvalue weighted by Gasteiger charge is 2.35. The summed E-state index contributed by atoms with van der Waals surface area (Å²) in [6.45, 7) is 1.27. The Labute approximate surface area is 81.1 Å². The van der Waals surface area contributed by atoms with Gasteiger partial charge in [-0.15, -0.1) is 0 Å². The molecule has 0 saturated carbocycles. The summed E-state index contributed by atoms with van der Waals surface area (Å²) in [6.07, 6.45) is -1.29. The summed E-state index contributed by atoms with van der Waals surface area (Å²) in [5.41, 5.74) is -1.45. The molecule has 0 saturated heterocycles. The maximum atomic E-state index is 11.2. The number of carbonyl (C=O) groups excluding carboxylic acids is 1. The summed E-state index contributed by atoms with van der Waals surface area (Å²) >= 11 is 0. The van der Waals surface area contributed by atoms with E-state index >= 15 is 0 Å². The van der Waals surface area contributed by atoms with Gasteiger partial charge in [-0.1, -0.05) is 0 Å². The minimum absolute atomic E-state index is 0.603. The number of hydrogen-bond acceptors (Lipinski definition) is 5. The first kappa shape index (κ1) is 12.9. The van der Waals surface area contributed by atoms with Crippen LogP contribution in [0.25, 0.3) is 0 Å². The Bertz CT molecular complexity index is 220. The van der Waals surface area contributed by atoms with Crippen molar-refractivity contribution in [3.63, 3.8) is 0 Å². The Morgan fingerprint density at radius 3 is 2.07 bits per heavy atom. The first-order valence-corrected chi connectivity index (χ1v) is 4.03. The molecule has 14 heavy (non-hydrogen) atoms. The van der Waals surface area contributed by atoms with E-state index in [2.05, 4.69) is 4.74 Å². The fourth-order valence-corrected chi connectivity index (χ4v) is 0.532. The molecule has 0 aromatic heterocycles. The standard InChI is InChI=1S/C8H14O6/c1-5(6(11)12)14-7(13)8(2,3-9)4-10/h5,9-10H,3-4H2,1-2H3,(H,11,12). The molecule has 0 rings (SSSR count). The van der Waals surface area contributed by atoms with E-state index in [9.17, 15) is 9.59 Å². The van der Waals surface area contributed by atoms with E-state index in [0.29, 0.717) is 0 Å². The fraction of sp³-hybridized carbons (Fsp3) is 0.750. The van der Waals surface area contributed by atoms with Crippen LogP contribution >= 0.6 is 0 Å². The Balaban J connectivity index is 4.40. The van der Waals surface area contributed by atoms with Gasteiger partial charge in [-0.05, 0) is 13.8 Å². The van der Waals surface area contributed by atoms with Crippen molar-refractivity contribution < 1.29 is 29.6 Å². The lowest BCUT2D eigenvalue weighted by molar-refractivity contribution is -0.173. The molecule has 0 aromatic carbocycles. The molecular formula is C8H14O6. The van der Waals surface area contributed by atoms with Crippen molar-refractivity contribution in [3.8, 4) is 0 Å². The van der Waals surface area contributed by atoms with Gasteiger partial charge in [0.2, 0.25) is 0 Å². The van der Waals surface area contributed by atoms with Crippen molar-refractivity contribution in [2.24, 2.45) is 5.41 Å². The third kappa shape index (κ3) is 2.97. The molecule has 0 aromatic rings. The summed E-state index contributed by atoms with van der Waals surface area (Å²) in [4.78, 5) is 21.6. The zero-order valence-corrected chi connectivity index (χ0v) is 8.06. The molecule has 0 aliphatic heterocycles. The molecule has 0 bridgehead atoms. The van der Waals surface area contributed by atoms with Crippen molar-refractivity contribution in [1.29, 1.82) is 0 Å². The van der Waals surface area contributed by atoms with Crippen LogP contribution in [0.2, 0.25) is 0 Å². The Morgan fingerprint density at radius 1 is 1.36 bits per heavy atom. The van der Waals surface area contributed by atoms with Gasteiger partial charge in [0.05, 0.1) is 13.2 Å². The first-order valence-electron chi connectivity index (χ1n) is 4.03. The van der Waals surface area contributed by atoms with Crippen molar-refractivity contribution in [2.45, 2.75) is 20.0 Å². The quantitative estimate of drug-likeness (QED) is 0.498. The summed E-state index contributed by atoms with van der Waals surface area (Å²) < 4.78 is 4.50. The van der Waals surface area contributed by atoms with Crippen LogP contribution in [0.4, 0.5) is 0 Å². The van der Waals surface area contributed by atoms with Crippen LogP contribution in [0.1, 0.15) is 13.8 Å². The smallest absolute Gasteiger partial charge is 0.344 e. The highest BCUT2D eigenvalue weighted by molar-refractivity contribution is 5.81. The second-order valence-electron chi connectivity index (χ2n) is 3.26. The number of rotatable bonds is 5. The first-order chi connectivity index (χ1) is 6.37. The summed E-state index contributed by atoms with van der Waals surface area (Å²) in [6, 6.07) is 0. The average Bonchev–Trinajstić information content (AvgIpc) is 2.16. The van der Waals surface area contributed by atoms with Gasteiger partial charge < -0.3 is 20.1 Å². The maximum absolute atomic E-state index is 11.2. The molecule has 0 spiro atoms. The van der Waals surface area contributed by atoms with E-state index in [1.807, 2.05) is 0 Å². The lowest BCUT2D eigenvalue weighted by Gasteiger charge is -2.23. The van der Waals surface area contributed by atoms with E-state index in [0.717, 1.165) is 0 Å². The van der Waals surface area contributed by atoms with Gasteiger partial charge in [0.25, 0.3) is 0 Å². The second-order valence-corrected chi connectivity index (χ2v) is 3.26. The van der Waals surface area contributed by atoms with Gasteiger partial charge in [-0.2, -0.15) is 0 Å². The van der Waals surface area contributed by atoms with E-state index < -0.39 is 36.7 Å².